The number of fused-ring (bicyclic) bond motifs is 1. The van der Waals surface area contributed by atoms with Crippen LogP contribution in [-0.4, -0.2) is 70.6 Å². The molecule has 0 bridgehead atoms. The third-order valence-electron chi connectivity index (χ3n) is 5.66. The Kier molecular flexibility index (Phi) is 8.28. The third kappa shape index (κ3) is 6.40. The number of ether oxygens (including phenoxy) is 1. The molecule has 2 N–H and O–H groups in total. The Bertz CT molecular complexity index is 1730. The highest BCUT2D eigenvalue weighted by atomic mass is 35.5. The molecule has 206 valence electrons. The van der Waals surface area contributed by atoms with E-state index in [1.807, 2.05) is 0 Å². The fraction of sp³-hybridized carbons (Fsp3) is 0.200. The number of nitrogens with one attached hydrogen (secondary N) is 1. The lowest BCUT2D eigenvalue weighted by molar-refractivity contribution is 0.415. The Morgan fingerprint density at radius 3 is 2.21 bits per heavy atom. The van der Waals surface area contributed by atoms with E-state index in [9.17, 15) is 21.4 Å². The van der Waals surface area contributed by atoms with Crippen LogP contribution in [0.4, 0.5) is 17.3 Å². The molecule has 11 nitrogen and oxygen atoms in total. The molecule has 1 heterocycles. The lowest BCUT2D eigenvalue weighted by Gasteiger charge is -2.27. The van der Waals surface area contributed by atoms with E-state index in [4.69, 9.17) is 16.3 Å². The van der Waals surface area contributed by atoms with Crippen LogP contribution in [0.5, 0.6) is 5.75 Å². The molecule has 4 aromatic rings. The van der Waals surface area contributed by atoms with E-state index >= 15 is 0 Å². The number of aromatic nitrogens is 2. The number of rotatable bonds is 10. The van der Waals surface area contributed by atoms with Gasteiger partial charge in [-0.1, -0.05) is 29.8 Å². The molecule has 1 aromatic heterocycles. The molecule has 0 aliphatic carbocycles. The number of methoxy groups -OCH3 is 1. The van der Waals surface area contributed by atoms with Crippen molar-refractivity contribution < 1.29 is 26.1 Å². The molecule has 0 unspecified atom stereocenters. The zero-order chi connectivity index (χ0) is 28.4. The van der Waals surface area contributed by atoms with Crippen LogP contribution in [0.1, 0.15) is 0 Å². The van der Waals surface area contributed by atoms with Crippen LogP contribution >= 0.6 is 11.6 Å². The monoisotopic (exact) mass is 591 g/mol. The van der Waals surface area contributed by atoms with Crippen molar-refractivity contribution in [3.8, 4) is 5.75 Å². The van der Waals surface area contributed by atoms with Gasteiger partial charge >= 0.3 is 0 Å². The lowest BCUT2D eigenvalue weighted by Crippen LogP contribution is -2.38. The second-order valence-corrected chi connectivity index (χ2v) is 12.4. The Morgan fingerprint density at radius 1 is 0.897 bits per heavy atom. The summed E-state index contributed by atoms with van der Waals surface area (Å²) in [5.41, 5.74) is 1.34. The molecule has 39 heavy (non-hydrogen) atoms. The second-order valence-electron chi connectivity index (χ2n) is 8.69. The van der Waals surface area contributed by atoms with Gasteiger partial charge in [0.2, 0.25) is 0 Å². The van der Waals surface area contributed by atoms with Crippen LogP contribution in [-0.2, 0) is 20.1 Å². The average Bonchev–Trinajstić information content (AvgIpc) is 2.89. The molecule has 0 radical (unpaired) electrons. The van der Waals surface area contributed by atoms with Crippen molar-refractivity contribution in [3.05, 3.63) is 71.8 Å². The molecule has 0 atom stereocenters. The predicted molar refractivity (Wildman–Crippen MR) is 150 cm³/mol. The van der Waals surface area contributed by atoms with Gasteiger partial charge in [-0.25, -0.2) is 22.7 Å². The van der Waals surface area contributed by atoms with E-state index in [0.29, 0.717) is 34.0 Å². The lowest BCUT2D eigenvalue weighted by atomic mass is 10.3. The Labute approximate surface area is 231 Å². The van der Waals surface area contributed by atoms with Gasteiger partial charge in [0.05, 0.1) is 38.6 Å². The molecule has 14 heteroatoms. The molecular weight excluding hydrogens is 566 g/mol. The third-order valence-corrected chi connectivity index (χ3v) is 8.62. The number of para-hydroxylation sites is 2. The molecule has 0 aliphatic heterocycles. The van der Waals surface area contributed by atoms with Crippen molar-refractivity contribution >= 4 is 60.1 Å². The van der Waals surface area contributed by atoms with Gasteiger partial charge < -0.3 is 15.0 Å². The van der Waals surface area contributed by atoms with Gasteiger partial charge in [0.1, 0.15) is 5.75 Å². The fourth-order valence-corrected chi connectivity index (χ4v) is 5.88. The maximum Gasteiger partial charge on any atom is 0.294 e. The Hall–Kier alpha value is -3.49. The van der Waals surface area contributed by atoms with Gasteiger partial charge in [-0.05, 0) is 56.6 Å². The normalized spacial score (nSPS) is 12.1. The summed E-state index contributed by atoms with van der Waals surface area (Å²) in [6, 6.07) is 16.4. The van der Waals surface area contributed by atoms with E-state index in [1.165, 1.54) is 19.2 Å². The maximum absolute atomic E-state index is 14.0. The highest BCUT2D eigenvalue weighted by Gasteiger charge is 2.30. The minimum Gasteiger partial charge on any atom is -0.497 e. The van der Waals surface area contributed by atoms with Crippen molar-refractivity contribution in [1.29, 1.82) is 0 Å². The van der Waals surface area contributed by atoms with Crippen molar-refractivity contribution in [1.82, 2.24) is 14.9 Å². The summed E-state index contributed by atoms with van der Waals surface area (Å²) < 4.78 is 67.4. The molecule has 0 saturated carbocycles. The predicted octanol–water partition coefficient (Wildman–Crippen LogP) is 4.04. The van der Waals surface area contributed by atoms with Gasteiger partial charge in [0.25, 0.3) is 20.1 Å². The summed E-state index contributed by atoms with van der Waals surface area (Å²) in [7, 11) is -3.99. The number of sulfonamides is 1. The Morgan fingerprint density at radius 2 is 1.56 bits per heavy atom. The number of halogens is 1. The first-order valence-corrected chi connectivity index (χ1v) is 14.8. The van der Waals surface area contributed by atoms with Crippen LogP contribution < -0.4 is 14.4 Å². The Balaban J connectivity index is 1.94. The SMILES string of the molecule is COc1ccc(Cl)c(Nc2nc3ccccc3nc2N(CCN(C)C)S(=O)(=O)c2cccc(S(=O)(=O)O)c2)c1. The van der Waals surface area contributed by atoms with Crippen LogP contribution in [0.15, 0.2) is 76.5 Å². The van der Waals surface area contributed by atoms with Gasteiger partial charge in [-0.3, -0.25) is 4.55 Å². The standard InChI is InChI=1S/C25H26ClN5O6S2/c1-30(2)13-14-31(38(32,33)18-7-6-8-19(16-18)39(34,35)36)25-24(27-21-9-4-5-10-22(21)29-25)28-23-15-17(37-3)11-12-20(23)26/h4-12,15-16H,13-14H2,1-3H3,(H,27,28)(H,34,35,36). The molecule has 3 aromatic carbocycles. The zero-order valence-corrected chi connectivity index (χ0v) is 23.6. The summed E-state index contributed by atoms with van der Waals surface area (Å²) in [4.78, 5) is 10.2. The number of benzene rings is 3. The highest BCUT2D eigenvalue weighted by molar-refractivity contribution is 7.93. The molecule has 0 aliphatic rings. The van der Waals surface area contributed by atoms with E-state index < -0.39 is 25.0 Å². The molecule has 0 saturated heterocycles. The van der Waals surface area contributed by atoms with Gasteiger partial charge in [0.15, 0.2) is 11.6 Å². The average molecular weight is 592 g/mol. The number of hydrogen-bond acceptors (Lipinski definition) is 9. The first kappa shape index (κ1) is 28.5. The summed E-state index contributed by atoms with van der Waals surface area (Å²) >= 11 is 6.42. The fourth-order valence-electron chi connectivity index (χ4n) is 3.66. The summed E-state index contributed by atoms with van der Waals surface area (Å²) in [5.74, 6) is 0.570. The topological polar surface area (TPSA) is 142 Å². The number of anilines is 3. The van der Waals surface area contributed by atoms with Crippen molar-refractivity contribution in [3.63, 3.8) is 0 Å². The summed E-state index contributed by atoms with van der Waals surface area (Å²) in [6.45, 7) is 0.240. The second kappa shape index (κ2) is 11.3. The van der Waals surface area contributed by atoms with Gasteiger partial charge in [-0.2, -0.15) is 8.42 Å². The maximum atomic E-state index is 14.0. The van der Waals surface area contributed by atoms with Gasteiger partial charge in [0, 0.05) is 19.2 Å². The van der Waals surface area contributed by atoms with Crippen molar-refractivity contribution in [2.75, 3.05) is 43.9 Å². The molecule has 4 rings (SSSR count). The quantitative estimate of drug-likeness (QED) is 0.259. The highest BCUT2D eigenvalue weighted by Crippen LogP contribution is 2.35. The van der Waals surface area contributed by atoms with Crippen LogP contribution in [0.2, 0.25) is 5.02 Å². The van der Waals surface area contributed by atoms with Crippen molar-refractivity contribution in [2.24, 2.45) is 0 Å². The van der Waals surface area contributed by atoms with E-state index in [2.05, 4.69) is 15.3 Å². The van der Waals surface area contributed by atoms with Crippen LogP contribution in [0, 0.1) is 0 Å². The molecular formula is C25H26ClN5O6S2. The summed E-state index contributed by atoms with van der Waals surface area (Å²) in [5, 5.41) is 3.43. The summed E-state index contributed by atoms with van der Waals surface area (Å²) in [6.07, 6.45) is 0. The first-order chi connectivity index (χ1) is 18.4. The number of hydrogen-bond donors (Lipinski definition) is 2. The van der Waals surface area contributed by atoms with Crippen LogP contribution in [0.25, 0.3) is 11.0 Å². The van der Waals surface area contributed by atoms with E-state index in [-0.39, 0.29) is 23.1 Å². The molecule has 0 fully saturated rings. The first-order valence-electron chi connectivity index (χ1n) is 11.5. The van der Waals surface area contributed by atoms with E-state index in [0.717, 1.165) is 16.4 Å². The minimum atomic E-state index is -4.65. The number of nitrogens with zero attached hydrogens (tertiary/aromatic N) is 4. The number of likely N-dealkylation sites (N-methyl/N-ethyl adjacent to an activating group) is 1. The van der Waals surface area contributed by atoms with E-state index in [1.54, 1.807) is 61.5 Å². The zero-order valence-electron chi connectivity index (χ0n) is 21.2. The van der Waals surface area contributed by atoms with Crippen LogP contribution in [0.3, 0.4) is 0 Å². The largest absolute Gasteiger partial charge is 0.497 e. The smallest absolute Gasteiger partial charge is 0.294 e. The molecule has 0 amide bonds. The minimum absolute atomic E-state index is 0.0355. The van der Waals surface area contributed by atoms with Crippen molar-refractivity contribution in [2.45, 2.75) is 9.79 Å². The molecule has 0 spiro atoms. The van der Waals surface area contributed by atoms with Gasteiger partial charge in [-0.15, -0.1) is 0 Å².